The van der Waals surface area contributed by atoms with Gasteiger partial charge in [-0.1, -0.05) is 59.9 Å². The number of ether oxygens (including phenoxy) is 1. The van der Waals surface area contributed by atoms with Crippen LogP contribution in [-0.2, 0) is 4.74 Å². The third kappa shape index (κ3) is 1.68. The molecule has 0 radical (unpaired) electrons. The highest BCUT2D eigenvalue weighted by Crippen LogP contribution is 2.18. The van der Waals surface area contributed by atoms with E-state index in [0.29, 0.717) is 0 Å². The molecule has 0 N–H and O–H groups in total. The minimum Gasteiger partial charge on any atom is -0.373 e. The molecule has 2 rings (SSSR count). The summed E-state index contributed by atoms with van der Waals surface area (Å²) >= 11 is 0. The van der Waals surface area contributed by atoms with Crippen molar-refractivity contribution in [2.24, 2.45) is 0 Å². The number of hydrogen-bond donors (Lipinski definition) is 0. The lowest BCUT2D eigenvalue weighted by Gasteiger charge is -2.23. The first-order valence-electron chi connectivity index (χ1n) is 5.04. The Bertz CT molecular complexity index is 341. The van der Waals surface area contributed by atoms with E-state index >= 15 is 0 Å². The zero-order valence-electron chi connectivity index (χ0n) is 8.79. The lowest BCUT2D eigenvalue weighted by molar-refractivity contribution is 0.211. The second kappa shape index (κ2) is 3.71. The second-order valence-corrected chi connectivity index (χ2v) is 8.71. The molecule has 0 aliphatic carbocycles. The van der Waals surface area contributed by atoms with Crippen molar-refractivity contribution >= 4 is 13.3 Å². The van der Waals surface area contributed by atoms with E-state index in [2.05, 4.69) is 49.5 Å². The van der Waals surface area contributed by atoms with Crippen LogP contribution in [0.25, 0.3) is 0 Å². The molecule has 1 aromatic carbocycles. The second-order valence-electron chi connectivity index (χ2n) is 4.24. The molecule has 0 unspecified atom stereocenters. The minimum atomic E-state index is -1.41. The van der Waals surface area contributed by atoms with E-state index in [1.807, 2.05) is 0 Å². The Kier molecular flexibility index (Phi) is 2.57. The lowest BCUT2D eigenvalue weighted by Crippen LogP contribution is -2.44. The fourth-order valence-electron chi connectivity index (χ4n) is 1.86. The molecule has 1 heterocycles. The SMILES string of the molecule is C[Si](C)(C1=CCOC1)c1ccccc1. The molecule has 1 aliphatic heterocycles. The molecule has 1 nitrogen and oxygen atoms in total. The number of hydrogen-bond acceptors (Lipinski definition) is 1. The van der Waals surface area contributed by atoms with Gasteiger partial charge in [0.1, 0.15) is 8.07 Å². The highest BCUT2D eigenvalue weighted by Gasteiger charge is 2.29. The van der Waals surface area contributed by atoms with Crippen molar-refractivity contribution in [2.75, 3.05) is 13.2 Å². The van der Waals surface area contributed by atoms with Crippen molar-refractivity contribution in [2.45, 2.75) is 13.1 Å². The summed E-state index contributed by atoms with van der Waals surface area (Å²) in [6, 6.07) is 10.8. The molecule has 0 bridgehead atoms. The molecule has 1 aliphatic rings. The molecule has 2 heteroatoms. The van der Waals surface area contributed by atoms with E-state index < -0.39 is 8.07 Å². The van der Waals surface area contributed by atoms with Gasteiger partial charge in [0.15, 0.2) is 0 Å². The lowest BCUT2D eigenvalue weighted by atomic mass is 10.4. The van der Waals surface area contributed by atoms with Crippen LogP contribution in [0, 0.1) is 0 Å². The van der Waals surface area contributed by atoms with Gasteiger partial charge in [0.2, 0.25) is 0 Å². The van der Waals surface area contributed by atoms with E-state index in [0.717, 1.165) is 13.2 Å². The van der Waals surface area contributed by atoms with Gasteiger partial charge in [-0.3, -0.25) is 0 Å². The molecular weight excluding hydrogens is 188 g/mol. The largest absolute Gasteiger partial charge is 0.373 e. The van der Waals surface area contributed by atoms with Crippen LogP contribution in [0.4, 0.5) is 0 Å². The first kappa shape index (κ1) is 9.68. The summed E-state index contributed by atoms with van der Waals surface area (Å²) in [5.41, 5.74) is 0. The summed E-state index contributed by atoms with van der Waals surface area (Å²) in [5, 5.41) is 3.03. The maximum Gasteiger partial charge on any atom is 0.110 e. The number of rotatable bonds is 2. The van der Waals surface area contributed by atoms with Gasteiger partial charge in [0.05, 0.1) is 13.2 Å². The molecule has 74 valence electrons. The van der Waals surface area contributed by atoms with Crippen LogP contribution < -0.4 is 5.19 Å². The highest BCUT2D eigenvalue weighted by atomic mass is 28.3. The van der Waals surface area contributed by atoms with Gasteiger partial charge in [-0.2, -0.15) is 0 Å². The van der Waals surface area contributed by atoms with Gasteiger partial charge in [0, 0.05) is 0 Å². The molecule has 1 aromatic rings. The first-order chi connectivity index (χ1) is 6.71. The molecule has 0 spiro atoms. The van der Waals surface area contributed by atoms with Crippen LogP contribution in [0.1, 0.15) is 0 Å². The smallest absolute Gasteiger partial charge is 0.110 e. The summed E-state index contributed by atoms with van der Waals surface area (Å²) in [5.74, 6) is 0. The third-order valence-corrected chi connectivity index (χ3v) is 6.73. The average Bonchev–Trinajstić information content (AvgIpc) is 2.72. The van der Waals surface area contributed by atoms with Gasteiger partial charge in [0.25, 0.3) is 0 Å². The third-order valence-electron chi connectivity index (χ3n) is 3.00. The predicted octanol–water partition coefficient (Wildman–Crippen LogP) is 2.10. The summed E-state index contributed by atoms with van der Waals surface area (Å²) in [7, 11) is -1.41. The van der Waals surface area contributed by atoms with Crippen molar-refractivity contribution in [3.05, 3.63) is 41.6 Å². The molecule has 0 saturated heterocycles. The van der Waals surface area contributed by atoms with Crippen LogP contribution in [0.15, 0.2) is 41.6 Å². The Morgan fingerprint density at radius 1 is 1.14 bits per heavy atom. The standard InChI is InChI=1S/C12H16OSi/c1-14(2,12-8-9-13-10-12)11-6-4-3-5-7-11/h3-8H,9-10H2,1-2H3. The van der Waals surface area contributed by atoms with Gasteiger partial charge >= 0.3 is 0 Å². The normalized spacial score (nSPS) is 16.9. The van der Waals surface area contributed by atoms with Gasteiger partial charge in [-0.25, -0.2) is 0 Å². The van der Waals surface area contributed by atoms with Crippen molar-refractivity contribution in [3.8, 4) is 0 Å². The van der Waals surface area contributed by atoms with E-state index in [1.165, 1.54) is 10.4 Å². The predicted molar refractivity (Wildman–Crippen MR) is 62.5 cm³/mol. The van der Waals surface area contributed by atoms with Crippen LogP contribution in [0.5, 0.6) is 0 Å². The molecule has 0 saturated carbocycles. The van der Waals surface area contributed by atoms with E-state index in [9.17, 15) is 0 Å². The molecule has 0 atom stereocenters. The van der Waals surface area contributed by atoms with Crippen LogP contribution >= 0.6 is 0 Å². The Hall–Kier alpha value is -0.863. The summed E-state index contributed by atoms with van der Waals surface area (Å²) in [6.07, 6.45) is 2.26. The summed E-state index contributed by atoms with van der Waals surface area (Å²) in [6.45, 7) is 6.43. The topological polar surface area (TPSA) is 9.23 Å². The zero-order chi connectivity index (χ0) is 10.0. The van der Waals surface area contributed by atoms with E-state index in [1.54, 1.807) is 0 Å². The monoisotopic (exact) mass is 204 g/mol. The van der Waals surface area contributed by atoms with Crippen molar-refractivity contribution in [3.63, 3.8) is 0 Å². The fraction of sp³-hybridized carbons (Fsp3) is 0.333. The minimum absolute atomic E-state index is 0.804. The average molecular weight is 204 g/mol. The Morgan fingerprint density at radius 2 is 1.86 bits per heavy atom. The Morgan fingerprint density at radius 3 is 2.43 bits per heavy atom. The van der Waals surface area contributed by atoms with Crippen LogP contribution in [0.3, 0.4) is 0 Å². The van der Waals surface area contributed by atoms with Crippen LogP contribution in [-0.4, -0.2) is 21.3 Å². The van der Waals surface area contributed by atoms with Gasteiger partial charge in [-0.05, 0) is 0 Å². The molecule has 14 heavy (non-hydrogen) atoms. The molecule has 0 aromatic heterocycles. The molecular formula is C12H16OSi. The quantitative estimate of drug-likeness (QED) is 0.670. The summed E-state index contributed by atoms with van der Waals surface area (Å²) < 4.78 is 5.41. The van der Waals surface area contributed by atoms with Crippen molar-refractivity contribution in [1.29, 1.82) is 0 Å². The molecule has 0 fully saturated rings. The number of benzene rings is 1. The maximum atomic E-state index is 5.41. The Balaban J connectivity index is 2.32. The van der Waals surface area contributed by atoms with E-state index in [4.69, 9.17) is 4.74 Å². The Labute approximate surface area is 86.4 Å². The zero-order valence-corrected chi connectivity index (χ0v) is 9.79. The van der Waals surface area contributed by atoms with Crippen molar-refractivity contribution in [1.82, 2.24) is 0 Å². The summed E-state index contributed by atoms with van der Waals surface area (Å²) in [4.78, 5) is 0. The highest BCUT2D eigenvalue weighted by molar-refractivity contribution is 6.95. The van der Waals surface area contributed by atoms with Crippen LogP contribution in [0.2, 0.25) is 13.1 Å². The van der Waals surface area contributed by atoms with Gasteiger partial charge in [-0.15, -0.1) is 0 Å². The maximum absolute atomic E-state index is 5.41. The molecule has 0 amide bonds. The fourth-order valence-corrected chi connectivity index (χ4v) is 4.32. The van der Waals surface area contributed by atoms with E-state index in [-0.39, 0.29) is 0 Å². The van der Waals surface area contributed by atoms with Crippen molar-refractivity contribution < 1.29 is 4.74 Å². The van der Waals surface area contributed by atoms with Gasteiger partial charge < -0.3 is 4.74 Å². The first-order valence-corrected chi connectivity index (χ1v) is 8.04.